The van der Waals surface area contributed by atoms with Crippen molar-refractivity contribution in [3.63, 3.8) is 0 Å². The predicted molar refractivity (Wildman–Crippen MR) is 93.6 cm³/mol. The van der Waals surface area contributed by atoms with Crippen LogP contribution in [0.1, 0.15) is 26.3 Å². The van der Waals surface area contributed by atoms with Gasteiger partial charge in [0.1, 0.15) is 5.75 Å². The molecule has 0 N–H and O–H groups in total. The molecule has 2 rings (SSSR count). The third kappa shape index (κ3) is 5.02. The average Bonchev–Trinajstić information content (AvgIpc) is 2.55. The number of aliphatic imine (C=N–C) groups is 1. The highest BCUT2D eigenvalue weighted by Crippen LogP contribution is 2.28. The van der Waals surface area contributed by atoms with Crippen molar-refractivity contribution in [2.24, 2.45) is 4.99 Å². The first-order chi connectivity index (χ1) is 11.1. The molecule has 0 spiro atoms. The molecule has 0 atom stereocenters. The summed E-state index contributed by atoms with van der Waals surface area (Å²) in [6, 6.07) is 13.4. The highest BCUT2D eigenvalue weighted by molar-refractivity contribution is 5.83. The van der Waals surface area contributed by atoms with Crippen LogP contribution < -0.4 is 14.2 Å². The number of benzene rings is 2. The molecule has 4 heteroatoms. The monoisotopic (exact) mass is 313 g/mol. The van der Waals surface area contributed by atoms with Gasteiger partial charge in [-0.05, 0) is 68.8 Å². The lowest BCUT2D eigenvalue weighted by molar-refractivity contribution is 0.230. The zero-order chi connectivity index (χ0) is 16.7. The molecule has 0 radical (unpaired) electrons. The van der Waals surface area contributed by atoms with Crippen LogP contribution >= 0.6 is 0 Å². The number of hydrogen-bond donors (Lipinski definition) is 0. The third-order valence-electron chi connectivity index (χ3n) is 3.06. The summed E-state index contributed by atoms with van der Waals surface area (Å²) < 4.78 is 16.5. The summed E-state index contributed by atoms with van der Waals surface area (Å²) in [7, 11) is 1.63. The van der Waals surface area contributed by atoms with Crippen molar-refractivity contribution < 1.29 is 14.2 Å². The lowest BCUT2D eigenvalue weighted by atomic mass is 10.2. The fourth-order valence-electron chi connectivity index (χ4n) is 2.06. The van der Waals surface area contributed by atoms with Gasteiger partial charge in [0, 0.05) is 6.21 Å². The molecule has 0 amide bonds. The van der Waals surface area contributed by atoms with Gasteiger partial charge in [0.25, 0.3) is 0 Å². The Kier molecular flexibility index (Phi) is 6.03. The molecule has 0 unspecified atom stereocenters. The second-order valence-electron chi connectivity index (χ2n) is 5.26. The fourth-order valence-corrected chi connectivity index (χ4v) is 2.06. The van der Waals surface area contributed by atoms with Crippen LogP contribution in [0.25, 0.3) is 0 Å². The minimum absolute atomic E-state index is 0.104. The van der Waals surface area contributed by atoms with E-state index in [9.17, 15) is 0 Å². The van der Waals surface area contributed by atoms with E-state index in [4.69, 9.17) is 14.2 Å². The first-order valence-corrected chi connectivity index (χ1v) is 7.74. The summed E-state index contributed by atoms with van der Waals surface area (Å²) in [6.07, 6.45) is 1.91. The lowest BCUT2D eigenvalue weighted by Crippen LogP contribution is -2.06. The molecule has 0 fully saturated rings. The van der Waals surface area contributed by atoms with Crippen LogP contribution in [-0.2, 0) is 0 Å². The molecule has 0 saturated carbocycles. The highest BCUT2D eigenvalue weighted by atomic mass is 16.5. The zero-order valence-corrected chi connectivity index (χ0v) is 14.1. The van der Waals surface area contributed by atoms with E-state index >= 15 is 0 Å². The van der Waals surface area contributed by atoms with Crippen LogP contribution in [0.15, 0.2) is 47.5 Å². The van der Waals surface area contributed by atoms with Crippen molar-refractivity contribution in [1.82, 2.24) is 0 Å². The van der Waals surface area contributed by atoms with Gasteiger partial charge in [-0.25, -0.2) is 0 Å². The van der Waals surface area contributed by atoms with E-state index in [1.54, 1.807) is 13.3 Å². The van der Waals surface area contributed by atoms with E-state index in [0.29, 0.717) is 12.4 Å². The van der Waals surface area contributed by atoms with Crippen LogP contribution in [0, 0.1) is 0 Å². The minimum Gasteiger partial charge on any atom is -0.494 e. The standard InChI is InChI=1S/C19H23NO3/c1-5-22-17-9-7-16(8-10-17)20-13-15-6-11-18(23-14(2)3)19(12-15)21-4/h6-14H,5H2,1-4H3. The van der Waals surface area contributed by atoms with Crippen molar-refractivity contribution >= 4 is 11.9 Å². The second-order valence-corrected chi connectivity index (χ2v) is 5.26. The van der Waals surface area contributed by atoms with E-state index in [2.05, 4.69) is 4.99 Å². The van der Waals surface area contributed by atoms with Gasteiger partial charge in [0.2, 0.25) is 0 Å². The van der Waals surface area contributed by atoms with Gasteiger partial charge in [0.15, 0.2) is 11.5 Å². The molecule has 0 aliphatic heterocycles. The average molecular weight is 313 g/mol. The van der Waals surface area contributed by atoms with Gasteiger partial charge in [-0.3, -0.25) is 4.99 Å². The van der Waals surface area contributed by atoms with E-state index in [1.165, 1.54) is 0 Å². The molecule has 23 heavy (non-hydrogen) atoms. The summed E-state index contributed by atoms with van der Waals surface area (Å²) in [5.41, 5.74) is 1.82. The summed E-state index contributed by atoms with van der Waals surface area (Å²) in [5.74, 6) is 2.29. The Hall–Kier alpha value is -2.49. The van der Waals surface area contributed by atoms with Crippen LogP contribution in [0.4, 0.5) is 5.69 Å². The topological polar surface area (TPSA) is 40.0 Å². The SMILES string of the molecule is CCOc1ccc(N=Cc2ccc(OC(C)C)c(OC)c2)cc1. The Balaban J connectivity index is 2.12. The Labute approximate surface area is 137 Å². The van der Waals surface area contributed by atoms with Crippen LogP contribution in [0.2, 0.25) is 0 Å². The molecule has 0 heterocycles. The summed E-state index contributed by atoms with van der Waals surface area (Å²) in [4.78, 5) is 4.47. The summed E-state index contributed by atoms with van der Waals surface area (Å²) in [6.45, 7) is 6.60. The molecular formula is C19H23NO3. The van der Waals surface area contributed by atoms with Gasteiger partial charge in [-0.2, -0.15) is 0 Å². The number of hydrogen-bond acceptors (Lipinski definition) is 4. The normalized spacial score (nSPS) is 11.0. The molecule has 0 saturated heterocycles. The van der Waals surface area contributed by atoms with Gasteiger partial charge in [0.05, 0.1) is 25.5 Å². The number of methoxy groups -OCH3 is 1. The number of rotatable bonds is 7. The fraction of sp³-hybridized carbons (Fsp3) is 0.316. The molecule has 2 aromatic rings. The summed E-state index contributed by atoms with van der Waals surface area (Å²) in [5, 5.41) is 0. The molecule has 0 aliphatic carbocycles. The Morgan fingerprint density at radius 1 is 1.04 bits per heavy atom. The summed E-state index contributed by atoms with van der Waals surface area (Å²) >= 11 is 0. The molecular weight excluding hydrogens is 290 g/mol. The largest absolute Gasteiger partial charge is 0.494 e. The first-order valence-electron chi connectivity index (χ1n) is 7.74. The van der Waals surface area contributed by atoms with E-state index in [-0.39, 0.29) is 6.10 Å². The third-order valence-corrected chi connectivity index (χ3v) is 3.06. The molecule has 0 bridgehead atoms. The molecule has 2 aromatic carbocycles. The maximum atomic E-state index is 5.71. The molecule has 122 valence electrons. The molecule has 0 aromatic heterocycles. The Morgan fingerprint density at radius 2 is 1.78 bits per heavy atom. The quantitative estimate of drug-likeness (QED) is 0.700. The van der Waals surface area contributed by atoms with E-state index < -0.39 is 0 Å². The number of nitrogens with zero attached hydrogens (tertiary/aromatic N) is 1. The van der Waals surface area contributed by atoms with Crippen LogP contribution in [-0.4, -0.2) is 26.0 Å². The van der Waals surface area contributed by atoms with E-state index in [1.807, 2.05) is 63.2 Å². The van der Waals surface area contributed by atoms with Crippen molar-refractivity contribution in [3.8, 4) is 17.2 Å². The van der Waals surface area contributed by atoms with Gasteiger partial charge in [-0.1, -0.05) is 0 Å². The van der Waals surface area contributed by atoms with Gasteiger partial charge < -0.3 is 14.2 Å². The second kappa shape index (κ2) is 8.22. The van der Waals surface area contributed by atoms with Crippen molar-refractivity contribution in [2.45, 2.75) is 26.9 Å². The van der Waals surface area contributed by atoms with Crippen molar-refractivity contribution in [2.75, 3.05) is 13.7 Å². The van der Waals surface area contributed by atoms with E-state index in [0.717, 1.165) is 22.7 Å². The highest BCUT2D eigenvalue weighted by Gasteiger charge is 2.06. The van der Waals surface area contributed by atoms with Crippen LogP contribution in [0.5, 0.6) is 17.2 Å². The lowest BCUT2D eigenvalue weighted by Gasteiger charge is -2.13. The van der Waals surface area contributed by atoms with Crippen molar-refractivity contribution in [1.29, 1.82) is 0 Å². The molecule has 0 aliphatic rings. The van der Waals surface area contributed by atoms with Gasteiger partial charge in [-0.15, -0.1) is 0 Å². The Bertz CT molecular complexity index is 648. The Morgan fingerprint density at radius 3 is 2.39 bits per heavy atom. The van der Waals surface area contributed by atoms with Gasteiger partial charge >= 0.3 is 0 Å². The van der Waals surface area contributed by atoms with Crippen LogP contribution in [0.3, 0.4) is 0 Å². The first kappa shape index (κ1) is 16.9. The maximum absolute atomic E-state index is 5.71. The zero-order valence-electron chi connectivity index (χ0n) is 14.1. The minimum atomic E-state index is 0.104. The predicted octanol–water partition coefficient (Wildman–Crippen LogP) is 4.63. The van der Waals surface area contributed by atoms with Crippen molar-refractivity contribution in [3.05, 3.63) is 48.0 Å². The maximum Gasteiger partial charge on any atom is 0.161 e. The smallest absolute Gasteiger partial charge is 0.161 e. The molecule has 4 nitrogen and oxygen atoms in total. The number of ether oxygens (including phenoxy) is 3.